The van der Waals surface area contributed by atoms with Crippen LogP contribution in [0.4, 0.5) is 0 Å². The lowest BCUT2D eigenvalue weighted by Gasteiger charge is -2.27. The maximum absolute atomic E-state index is 12.9. The topological polar surface area (TPSA) is 59.1 Å². The first-order chi connectivity index (χ1) is 12.7. The molecule has 0 aliphatic carbocycles. The minimum absolute atomic E-state index is 0.0909. The van der Waals surface area contributed by atoms with Gasteiger partial charge in [0.25, 0.3) is 0 Å². The van der Waals surface area contributed by atoms with Crippen LogP contribution in [0.1, 0.15) is 38.2 Å². The van der Waals surface area contributed by atoms with Gasteiger partial charge in [0, 0.05) is 20.2 Å². The minimum Gasteiger partial charge on any atom is -0.380 e. The van der Waals surface area contributed by atoms with Crippen LogP contribution in [0.25, 0.3) is 0 Å². The lowest BCUT2D eigenvalue weighted by Crippen LogP contribution is -2.41. The van der Waals surface area contributed by atoms with Crippen LogP contribution in [0.15, 0.2) is 30.3 Å². The van der Waals surface area contributed by atoms with E-state index in [-0.39, 0.29) is 24.5 Å². The highest BCUT2D eigenvalue weighted by Gasteiger charge is 2.31. The van der Waals surface area contributed by atoms with E-state index in [1.807, 2.05) is 35.2 Å². The van der Waals surface area contributed by atoms with E-state index in [4.69, 9.17) is 9.57 Å². The second-order valence-electron chi connectivity index (χ2n) is 6.73. The molecule has 144 valence electrons. The fourth-order valence-electron chi connectivity index (χ4n) is 3.20. The van der Waals surface area contributed by atoms with Gasteiger partial charge in [-0.1, -0.05) is 50.1 Å². The van der Waals surface area contributed by atoms with Crippen LogP contribution in [-0.2, 0) is 25.8 Å². The van der Waals surface area contributed by atoms with Gasteiger partial charge in [0.1, 0.15) is 6.61 Å². The van der Waals surface area contributed by atoms with Crippen molar-refractivity contribution in [1.29, 1.82) is 0 Å². The maximum Gasteiger partial charge on any atom is 0.233 e. The van der Waals surface area contributed by atoms with Gasteiger partial charge in [0.2, 0.25) is 12.3 Å². The van der Waals surface area contributed by atoms with Crippen LogP contribution in [-0.4, -0.2) is 55.1 Å². The SMILES string of the molecule is CCCC[C@H](CN(C=O)OCc1ccccc1)C(=O)N1CC[C@@H](OC)C1. The molecule has 0 N–H and O–H groups in total. The van der Waals surface area contributed by atoms with Crippen molar-refractivity contribution in [1.82, 2.24) is 9.96 Å². The van der Waals surface area contributed by atoms with Gasteiger partial charge in [-0.2, -0.15) is 0 Å². The average molecular weight is 362 g/mol. The third kappa shape index (κ3) is 6.11. The van der Waals surface area contributed by atoms with Gasteiger partial charge in [-0.15, -0.1) is 0 Å². The van der Waals surface area contributed by atoms with Crippen LogP contribution in [0.2, 0.25) is 0 Å². The molecular formula is C20H30N2O4. The Labute approximate surface area is 156 Å². The molecule has 1 aliphatic heterocycles. The average Bonchev–Trinajstić information content (AvgIpc) is 3.17. The van der Waals surface area contributed by atoms with Gasteiger partial charge in [-0.05, 0) is 18.4 Å². The summed E-state index contributed by atoms with van der Waals surface area (Å²) in [6.07, 6.45) is 4.35. The Kier molecular flexibility index (Phi) is 8.58. The molecule has 1 aromatic carbocycles. The van der Waals surface area contributed by atoms with Gasteiger partial charge in [0.15, 0.2) is 0 Å². The summed E-state index contributed by atoms with van der Waals surface area (Å²) in [6.45, 7) is 4.03. The number of hydroxylamine groups is 2. The molecule has 2 atom stereocenters. The Hall–Kier alpha value is -1.92. The van der Waals surface area contributed by atoms with Crippen molar-refractivity contribution < 1.29 is 19.2 Å². The highest BCUT2D eigenvalue weighted by atomic mass is 16.7. The Morgan fingerprint density at radius 1 is 1.38 bits per heavy atom. The number of rotatable bonds is 11. The van der Waals surface area contributed by atoms with E-state index in [2.05, 4.69) is 6.92 Å². The molecule has 2 amide bonds. The van der Waals surface area contributed by atoms with Crippen molar-refractivity contribution in [2.75, 3.05) is 26.7 Å². The molecule has 1 saturated heterocycles. The van der Waals surface area contributed by atoms with Gasteiger partial charge in [-0.3, -0.25) is 14.4 Å². The van der Waals surface area contributed by atoms with Crippen LogP contribution >= 0.6 is 0 Å². The predicted molar refractivity (Wildman–Crippen MR) is 99.0 cm³/mol. The predicted octanol–water partition coefficient (Wildman–Crippen LogP) is 2.63. The molecule has 6 heteroatoms. The molecule has 0 bridgehead atoms. The second-order valence-corrected chi connectivity index (χ2v) is 6.73. The molecule has 0 saturated carbocycles. The Balaban J connectivity index is 1.93. The molecule has 26 heavy (non-hydrogen) atoms. The lowest BCUT2D eigenvalue weighted by molar-refractivity contribution is -0.183. The molecule has 0 spiro atoms. The molecule has 1 heterocycles. The van der Waals surface area contributed by atoms with Crippen molar-refractivity contribution in [2.24, 2.45) is 5.92 Å². The molecule has 2 rings (SSSR count). The van der Waals surface area contributed by atoms with E-state index in [9.17, 15) is 9.59 Å². The fraction of sp³-hybridized carbons (Fsp3) is 0.600. The summed E-state index contributed by atoms with van der Waals surface area (Å²) in [4.78, 5) is 31.8. The van der Waals surface area contributed by atoms with Crippen molar-refractivity contribution in [3.8, 4) is 0 Å². The van der Waals surface area contributed by atoms with E-state index in [1.54, 1.807) is 7.11 Å². The van der Waals surface area contributed by atoms with Crippen molar-refractivity contribution in [3.63, 3.8) is 0 Å². The second kappa shape index (κ2) is 10.9. The summed E-state index contributed by atoms with van der Waals surface area (Å²) in [6, 6.07) is 9.67. The number of benzene rings is 1. The van der Waals surface area contributed by atoms with Crippen LogP contribution in [0.5, 0.6) is 0 Å². The minimum atomic E-state index is -0.244. The highest BCUT2D eigenvalue weighted by Crippen LogP contribution is 2.19. The Bertz CT molecular complexity index is 552. The number of hydrogen-bond acceptors (Lipinski definition) is 4. The number of carbonyl (C=O) groups excluding carboxylic acids is 2. The number of carbonyl (C=O) groups is 2. The van der Waals surface area contributed by atoms with E-state index >= 15 is 0 Å². The number of methoxy groups -OCH3 is 1. The normalized spacial score (nSPS) is 17.9. The summed E-state index contributed by atoms with van der Waals surface area (Å²) in [7, 11) is 1.68. The number of nitrogens with zero attached hydrogens (tertiary/aromatic N) is 2. The molecule has 0 radical (unpaired) electrons. The Morgan fingerprint density at radius 3 is 2.77 bits per heavy atom. The number of hydrogen-bond donors (Lipinski definition) is 0. The number of amides is 2. The largest absolute Gasteiger partial charge is 0.380 e. The third-order valence-corrected chi connectivity index (χ3v) is 4.80. The highest BCUT2D eigenvalue weighted by molar-refractivity contribution is 5.79. The van der Waals surface area contributed by atoms with Gasteiger partial charge >= 0.3 is 0 Å². The molecule has 1 aromatic rings. The molecule has 6 nitrogen and oxygen atoms in total. The summed E-state index contributed by atoms with van der Waals surface area (Å²) in [5.74, 6) is -0.153. The number of unbranched alkanes of at least 4 members (excludes halogenated alkanes) is 1. The molecule has 0 unspecified atom stereocenters. The van der Waals surface area contributed by atoms with Crippen LogP contribution in [0, 0.1) is 5.92 Å². The van der Waals surface area contributed by atoms with E-state index < -0.39 is 0 Å². The van der Waals surface area contributed by atoms with E-state index in [0.717, 1.165) is 31.2 Å². The number of ether oxygens (including phenoxy) is 1. The summed E-state index contributed by atoms with van der Waals surface area (Å²) >= 11 is 0. The monoisotopic (exact) mass is 362 g/mol. The molecule has 1 fully saturated rings. The summed E-state index contributed by atoms with van der Waals surface area (Å²) < 4.78 is 5.36. The van der Waals surface area contributed by atoms with Crippen molar-refractivity contribution >= 4 is 12.3 Å². The molecule has 1 aliphatic rings. The quantitative estimate of drug-likeness (QED) is 0.448. The van der Waals surface area contributed by atoms with Crippen molar-refractivity contribution in [2.45, 2.75) is 45.3 Å². The zero-order valence-corrected chi connectivity index (χ0v) is 15.8. The fourth-order valence-corrected chi connectivity index (χ4v) is 3.20. The van der Waals surface area contributed by atoms with Gasteiger partial charge in [0.05, 0.1) is 18.6 Å². The zero-order valence-electron chi connectivity index (χ0n) is 15.8. The molecule has 0 aromatic heterocycles. The van der Waals surface area contributed by atoms with Gasteiger partial charge in [-0.25, -0.2) is 5.06 Å². The maximum atomic E-state index is 12.9. The Morgan fingerprint density at radius 2 is 2.15 bits per heavy atom. The van der Waals surface area contributed by atoms with Crippen molar-refractivity contribution in [3.05, 3.63) is 35.9 Å². The summed E-state index contributed by atoms with van der Waals surface area (Å²) in [5.41, 5.74) is 0.985. The standard InChI is InChI=1S/C20H30N2O4/c1-3-4-10-18(20(24)21-12-11-19(14-21)25-2)13-22(16-23)26-15-17-8-6-5-7-9-17/h5-9,16,18-19H,3-4,10-15H2,1-2H3/t18-,19-/m1/s1. The first-order valence-corrected chi connectivity index (χ1v) is 9.38. The van der Waals surface area contributed by atoms with E-state index in [0.29, 0.717) is 26.1 Å². The first-order valence-electron chi connectivity index (χ1n) is 9.38. The third-order valence-electron chi connectivity index (χ3n) is 4.80. The summed E-state index contributed by atoms with van der Waals surface area (Å²) in [5, 5.41) is 1.26. The smallest absolute Gasteiger partial charge is 0.233 e. The van der Waals surface area contributed by atoms with Crippen LogP contribution in [0.3, 0.4) is 0 Å². The number of likely N-dealkylation sites (tertiary alicyclic amines) is 1. The lowest BCUT2D eigenvalue weighted by atomic mass is 10.0. The first kappa shape index (κ1) is 20.4. The van der Waals surface area contributed by atoms with Gasteiger partial charge < -0.3 is 9.64 Å². The molecular weight excluding hydrogens is 332 g/mol. The van der Waals surface area contributed by atoms with Crippen LogP contribution < -0.4 is 0 Å². The van der Waals surface area contributed by atoms with E-state index in [1.165, 1.54) is 5.06 Å². The zero-order chi connectivity index (χ0) is 18.8.